The van der Waals surface area contributed by atoms with Gasteiger partial charge in [0.1, 0.15) is 6.04 Å². The second-order valence-electron chi connectivity index (χ2n) is 4.46. The van der Waals surface area contributed by atoms with E-state index in [0.717, 1.165) is 5.56 Å². The van der Waals surface area contributed by atoms with Crippen LogP contribution in [0.15, 0.2) is 18.2 Å². The molecule has 0 aromatic heterocycles. The zero-order valence-electron chi connectivity index (χ0n) is 10.9. The van der Waals surface area contributed by atoms with Gasteiger partial charge in [0.25, 0.3) is 0 Å². The molecule has 4 nitrogen and oxygen atoms in total. The van der Waals surface area contributed by atoms with Crippen molar-refractivity contribution in [2.75, 3.05) is 18.5 Å². The van der Waals surface area contributed by atoms with Crippen LogP contribution in [0, 0.1) is 6.92 Å². The predicted molar refractivity (Wildman–Crippen MR) is 79.3 cm³/mol. The molecular formula is C13H18Cl2N2O2. The predicted octanol–water partition coefficient (Wildman–Crippen LogP) is 2.39. The van der Waals surface area contributed by atoms with Gasteiger partial charge in [0.2, 0.25) is 5.91 Å². The Morgan fingerprint density at radius 2 is 2.26 bits per heavy atom. The van der Waals surface area contributed by atoms with Gasteiger partial charge in [-0.05, 0) is 31.5 Å². The van der Waals surface area contributed by atoms with Gasteiger partial charge in [0, 0.05) is 17.3 Å². The maximum absolute atomic E-state index is 12.1. The van der Waals surface area contributed by atoms with Crippen LogP contribution >= 0.6 is 24.0 Å². The largest absolute Gasteiger partial charge is 0.375 e. The second kappa shape index (κ2) is 7.10. The van der Waals surface area contributed by atoms with Crippen LogP contribution < -0.4 is 10.6 Å². The maximum Gasteiger partial charge on any atom is 0.244 e. The van der Waals surface area contributed by atoms with Gasteiger partial charge in [-0.3, -0.25) is 4.79 Å². The van der Waals surface area contributed by atoms with E-state index in [0.29, 0.717) is 23.9 Å². The smallest absolute Gasteiger partial charge is 0.244 e. The van der Waals surface area contributed by atoms with Gasteiger partial charge < -0.3 is 15.4 Å². The highest BCUT2D eigenvalue weighted by atomic mass is 35.5. The molecule has 19 heavy (non-hydrogen) atoms. The van der Waals surface area contributed by atoms with Crippen molar-refractivity contribution < 1.29 is 9.53 Å². The molecule has 0 unspecified atom stereocenters. The van der Waals surface area contributed by atoms with E-state index in [1.807, 2.05) is 26.0 Å². The van der Waals surface area contributed by atoms with Crippen molar-refractivity contribution in [3.63, 3.8) is 0 Å². The number of rotatable bonds is 2. The maximum atomic E-state index is 12.1. The molecule has 106 valence electrons. The van der Waals surface area contributed by atoms with E-state index in [9.17, 15) is 4.79 Å². The molecule has 0 saturated carbocycles. The van der Waals surface area contributed by atoms with Gasteiger partial charge >= 0.3 is 0 Å². The molecule has 1 heterocycles. The van der Waals surface area contributed by atoms with E-state index < -0.39 is 0 Å². The number of morpholine rings is 1. The minimum absolute atomic E-state index is 0. The van der Waals surface area contributed by atoms with Crippen LogP contribution in [-0.2, 0) is 9.53 Å². The first-order valence-corrected chi connectivity index (χ1v) is 6.38. The molecule has 1 saturated heterocycles. The van der Waals surface area contributed by atoms with Crippen molar-refractivity contribution in [1.29, 1.82) is 0 Å². The highest BCUT2D eigenvalue weighted by molar-refractivity contribution is 6.31. The highest BCUT2D eigenvalue weighted by Gasteiger charge is 2.28. The highest BCUT2D eigenvalue weighted by Crippen LogP contribution is 2.20. The van der Waals surface area contributed by atoms with Crippen LogP contribution in [0.2, 0.25) is 5.02 Å². The monoisotopic (exact) mass is 304 g/mol. The number of anilines is 1. The Morgan fingerprint density at radius 3 is 2.89 bits per heavy atom. The molecule has 2 N–H and O–H groups in total. The zero-order valence-corrected chi connectivity index (χ0v) is 12.5. The zero-order chi connectivity index (χ0) is 13.1. The van der Waals surface area contributed by atoms with Crippen LogP contribution in [0.5, 0.6) is 0 Å². The lowest BCUT2D eigenvalue weighted by molar-refractivity contribution is -0.123. The number of carbonyl (C=O) groups is 1. The molecule has 0 bridgehead atoms. The van der Waals surface area contributed by atoms with Crippen molar-refractivity contribution in [2.45, 2.75) is 26.0 Å². The molecule has 1 aromatic rings. The molecule has 1 aromatic carbocycles. The molecule has 1 amide bonds. The lowest BCUT2D eigenvalue weighted by atomic mass is 10.1. The normalized spacial score (nSPS) is 22.5. The Kier molecular flexibility index (Phi) is 6.07. The average Bonchev–Trinajstić information content (AvgIpc) is 2.34. The summed E-state index contributed by atoms with van der Waals surface area (Å²) in [5.41, 5.74) is 1.69. The topological polar surface area (TPSA) is 50.4 Å². The molecule has 0 aliphatic carbocycles. The molecule has 1 aliphatic rings. The number of carbonyl (C=O) groups excluding carboxylic acids is 1. The molecular weight excluding hydrogens is 287 g/mol. The molecule has 0 spiro atoms. The molecule has 0 radical (unpaired) electrons. The standard InChI is InChI=1S/C13H17ClN2O2.ClH/c1-8-3-4-10(7-11(8)14)16-13(17)12-9(2)18-6-5-15-12;/h3-4,7,9,12,15H,5-6H2,1-2H3,(H,16,17);1H/t9-,12+;/m1./s1. The fourth-order valence-electron chi connectivity index (χ4n) is 1.92. The number of aryl methyl sites for hydroxylation is 1. The van der Waals surface area contributed by atoms with E-state index in [1.165, 1.54) is 0 Å². The molecule has 6 heteroatoms. The number of amides is 1. The third kappa shape index (κ3) is 4.08. The molecule has 2 atom stereocenters. The van der Waals surface area contributed by atoms with Gasteiger partial charge in [-0.1, -0.05) is 17.7 Å². The van der Waals surface area contributed by atoms with Crippen LogP contribution in [0.1, 0.15) is 12.5 Å². The summed E-state index contributed by atoms with van der Waals surface area (Å²) in [7, 11) is 0. The van der Waals surface area contributed by atoms with E-state index in [1.54, 1.807) is 6.07 Å². The Balaban J connectivity index is 0.00000180. The summed E-state index contributed by atoms with van der Waals surface area (Å²) in [5, 5.41) is 6.64. The first-order chi connectivity index (χ1) is 8.58. The molecule has 1 fully saturated rings. The van der Waals surface area contributed by atoms with Crippen molar-refractivity contribution in [3.05, 3.63) is 28.8 Å². The van der Waals surface area contributed by atoms with Gasteiger partial charge in [-0.25, -0.2) is 0 Å². The Hall–Kier alpha value is -0.810. The van der Waals surface area contributed by atoms with E-state index in [4.69, 9.17) is 16.3 Å². The first kappa shape index (κ1) is 16.2. The number of halogens is 2. The summed E-state index contributed by atoms with van der Waals surface area (Å²) >= 11 is 6.02. The summed E-state index contributed by atoms with van der Waals surface area (Å²) in [4.78, 5) is 12.1. The number of hydrogen-bond donors (Lipinski definition) is 2. The number of hydrogen-bond acceptors (Lipinski definition) is 3. The third-order valence-electron chi connectivity index (χ3n) is 3.04. The van der Waals surface area contributed by atoms with Crippen LogP contribution in [0.3, 0.4) is 0 Å². The Labute approximate surface area is 124 Å². The quantitative estimate of drug-likeness (QED) is 0.882. The second-order valence-corrected chi connectivity index (χ2v) is 4.87. The lowest BCUT2D eigenvalue weighted by Crippen LogP contribution is -2.53. The average molecular weight is 305 g/mol. The van der Waals surface area contributed by atoms with Crippen molar-refractivity contribution >= 4 is 35.6 Å². The number of ether oxygens (including phenoxy) is 1. The van der Waals surface area contributed by atoms with Crippen molar-refractivity contribution in [3.8, 4) is 0 Å². The number of benzene rings is 1. The summed E-state index contributed by atoms with van der Waals surface area (Å²) in [5.74, 6) is -0.0953. The van der Waals surface area contributed by atoms with Gasteiger partial charge in [0.15, 0.2) is 0 Å². The summed E-state index contributed by atoms with van der Waals surface area (Å²) in [6.07, 6.45) is -0.125. The van der Waals surface area contributed by atoms with Crippen LogP contribution in [0.25, 0.3) is 0 Å². The summed E-state index contributed by atoms with van der Waals surface area (Å²) in [6, 6.07) is 5.15. The fourth-order valence-corrected chi connectivity index (χ4v) is 2.10. The Morgan fingerprint density at radius 1 is 1.53 bits per heavy atom. The van der Waals surface area contributed by atoms with Crippen LogP contribution in [0.4, 0.5) is 5.69 Å². The molecule has 1 aliphatic heterocycles. The van der Waals surface area contributed by atoms with E-state index >= 15 is 0 Å². The third-order valence-corrected chi connectivity index (χ3v) is 3.45. The Bertz CT molecular complexity index is 454. The van der Waals surface area contributed by atoms with Crippen molar-refractivity contribution in [2.24, 2.45) is 0 Å². The summed E-state index contributed by atoms with van der Waals surface area (Å²) in [6.45, 7) is 5.14. The van der Waals surface area contributed by atoms with Gasteiger partial charge in [-0.2, -0.15) is 0 Å². The van der Waals surface area contributed by atoms with Crippen LogP contribution in [-0.4, -0.2) is 31.2 Å². The lowest BCUT2D eigenvalue weighted by Gasteiger charge is -2.29. The van der Waals surface area contributed by atoms with Gasteiger partial charge in [0.05, 0.1) is 12.7 Å². The molecule has 2 rings (SSSR count). The first-order valence-electron chi connectivity index (χ1n) is 6.00. The van der Waals surface area contributed by atoms with Crippen molar-refractivity contribution in [1.82, 2.24) is 5.32 Å². The minimum atomic E-state index is -0.321. The minimum Gasteiger partial charge on any atom is -0.375 e. The SMILES string of the molecule is Cc1ccc(NC(=O)[C@H]2NCCO[C@@H]2C)cc1Cl.Cl. The fraction of sp³-hybridized carbons (Fsp3) is 0.462. The van der Waals surface area contributed by atoms with E-state index in [2.05, 4.69) is 10.6 Å². The van der Waals surface area contributed by atoms with E-state index in [-0.39, 0.29) is 30.5 Å². The van der Waals surface area contributed by atoms with Gasteiger partial charge in [-0.15, -0.1) is 12.4 Å². The summed E-state index contributed by atoms with van der Waals surface area (Å²) < 4.78 is 5.44. The number of nitrogens with one attached hydrogen (secondary N) is 2.